The van der Waals surface area contributed by atoms with E-state index in [1.54, 1.807) is 0 Å². The minimum Gasteiger partial charge on any atom is -0.506 e. The molecule has 148 valence electrons. The van der Waals surface area contributed by atoms with Gasteiger partial charge in [0, 0.05) is 33.3 Å². The van der Waals surface area contributed by atoms with Crippen molar-refractivity contribution in [2.45, 2.75) is 13.2 Å². The molecule has 0 saturated heterocycles. The van der Waals surface area contributed by atoms with E-state index in [1.807, 2.05) is 0 Å². The quantitative estimate of drug-likeness (QED) is 0.457. The van der Waals surface area contributed by atoms with Crippen LogP contribution < -0.4 is 0 Å². The molecule has 0 aliphatic rings. The average Bonchev–Trinajstić information content (AvgIpc) is 2.63. The Morgan fingerprint density at radius 1 is 0.750 bits per heavy atom. The summed E-state index contributed by atoms with van der Waals surface area (Å²) in [5.41, 5.74) is 0.408. The number of hydrogen-bond donors (Lipinski definition) is 2. The van der Waals surface area contributed by atoms with Crippen molar-refractivity contribution in [3.05, 3.63) is 67.6 Å². The third-order valence-electron chi connectivity index (χ3n) is 3.31. The molecule has 2 rings (SSSR count). The summed E-state index contributed by atoms with van der Waals surface area (Å²) in [5.74, 6) is -2.24. The molecule has 0 spiro atoms. The minimum atomic E-state index is -0.860. The zero-order valence-corrected chi connectivity index (χ0v) is 16.9. The molecule has 0 aliphatic heterocycles. The van der Waals surface area contributed by atoms with Crippen molar-refractivity contribution in [1.29, 1.82) is 0 Å². The second-order valence-electron chi connectivity index (χ2n) is 5.34. The SMILES string of the molecule is O=C(C=CC(=O)OCc1cc(Cl)cc(Cl)c1O)OCc1cc(Cl)cc(Cl)c1O. The molecule has 0 bridgehead atoms. The van der Waals surface area contributed by atoms with E-state index in [0.717, 1.165) is 12.2 Å². The van der Waals surface area contributed by atoms with Gasteiger partial charge in [-0.1, -0.05) is 46.4 Å². The maximum atomic E-state index is 11.7. The van der Waals surface area contributed by atoms with Gasteiger partial charge >= 0.3 is 11.9 Å². The lowest BCUT2D eigenvalue weighted by molar-refractivity contribution is -0.141. The summed E-state index contributed by atoms with van der Waals surface area (Å²) in [6.07, 6.45) is 1.69. The number of benzene rings is 2. The lowest BCUT2D eigenvalue weighted by atomic mass is 10.2. The van der Waals surface area contributed by atoms with Crippen molar-refractivity contribution >= 4 is 58.3 Å². The molecule has 6 nitrogen and oxygen atoms in total. The highest BCUT2D eigenvalue weighted by atomic mass is 35.5. The highest BCUT2D eigenvalue weighted by molar-refractivity contribution is 6.36. The molecule has 0 heterocycles. The monoisotopic (exact) mass is 464 g/mol. The van der Waals surface area contributed by atoms with Crippen LogP contribution in [-0.4, -0.2) is 22.2 Å². The van der Waals surface area contributed by atoms with Gasteiger partial charge in [-0.3, -0.25) is 0 Å². The number of hydrogen-bond acceptors (Lipinski definition) is 6. The normalized spacial score (nSPS) is 10.9. The summed E-state index contributed by atoms with van der Waals surface area (Å²) in [5, 5.41) is 20.1. The van der Waals surface area contributed by atoms with E-state index >= 15 is 0 Å². The molecule has 2 aromatic rings. The van der Waals surface area contributed by atoms with Gasteiger partial charge < -0.3 is 19.7 Å². The minimum absolute atomic E-state index is 0.0158. The Morgan fingerprint density at radius 3 is 1.46 bits per heavy atom. The van der Waals surface area contributed by atoms with E-state index < -0.39 is 11.9 Å². The molecule has 0 atom stereocenters. The predicted octanol–water partition coefficient (Wildman–Crippen LogP) is 5.05. The molecule has 0 saturated carbocycles. The van der Waals surface area contributed by atoms with E-state index in [1.165, 1.54) is 24.3 Å². The largest absolute Gasteiger partial charge is 0.506 e. The smallest absolute Gasteiger partial charge is 0.331 e. The van der Waals surface area contributed by atoms with Crippen molar-refractivity contribution in [1.82, 2.24) is 0 Å². The molecule has 0 aromatic heterocycles. The van der Waals surface area contributed by atoms with Crippen LogP contribution in [0, 0.1) is 0 Å². The van der Waals surface area contributed by atoms with Crippen LogP contribution in [0.25, 0.3) is 0 Å². The molecule has 0 unspecified atom stereocenters. The summed E-state index contributed by atoms with van der Waals surface area (Å²) in [6.45, 7) is -0.613. The van der Waals surface area contributed by atoms with Crippen LogP contribution in [0.3, 0.4) is 0 Å². The lowest BCUT2D eigenvalue weighted by Gasteiger charge is -2.08. The fourth-order valence-corrected chi connectivity index (χ4v) is 3.06. The van der Waals surface area contributed by atoms with Crippen LogP contribution in [0.2, 0.25) is 20.1 Å². The predicted molar refractivity (Wildman–Crippen MR) is 105 cm³/mol. The summed E-state index contributed by atoms with van der Waals surface area (Å²) in [4.78, 5) is 23.4. The van der Waals surface area contributed by atoms with Gasteiger partial charge in [0.2, 0.25) is 0 Å². The van der Waals surface area contributed by atoms with Crippen LogP contribution >= 0.6 is 46.4 Å². The third kappa shape index (κ3) is 6.21. The van der Waals surface area contributed by atoms with Gasteiger partial charge in [0.25, 0.3) is 0 Å². The number of aromatic hydroxyl groups is 2. The lowest BCUT2D eigenvalue weighted by Crippen LogP contribution is -2.05. The zero-order chi connectivity index (χ0) is 20.8. The average molecular weight is 466 g/mol. The summed E-state index contributed by atoms with van der Waals surface area (Å²) in [7, 11) is 0. The molecular formula is C18H12Cl4O6. The number of rotatable bonds is 6. The van der Waals surface area contributed by atoms with Gasteiger partial charge in [-0.15, -0.1) is 0 Å². The fourth-order valence-electron chi connectivity index (χ4n) is 1.99. The molecule has 0 radical (unpaired) electrons. The Balaban J connectivity index is 1.88. The van der Waals surface area contributed by atoms with Crippen molar-refractivity contribution in [2.75, 3.05) is 0 Å². The Kier molecular flexibility index (Phi) is 7.83. The fraction of sp³-hybridized carbons (Fsp3) is 0.111. The van der Waals surface area contributed by atoms with E-state index in [4.69, 9.17) is 55.9 Å². The molecule has 28 heavy (non-hydrogen) atoms. The number of esters is 2. The summed E-state index contributed by atoms with van der Waals surface area (Å²) in [6, 6.07) is 5.45. The van der Waals surface area contributed by atoms with Crippen LogP contribution in [0.5, 0.6) is 11.5 Å². The highest BCUT2D eigenvalue weighted by Gasteiger charge is 2.11. The topological polar surface area (TPSA) is 93.1 Å². The Morgan fingerprint density at radius 2 is 1.11 bits per heavy atom. The van der Waals surface area contributed by atoms with Crippen molar-refractivity contribution < 1.29 is 29.3 Å². The first-order valence-corrected chi connectivity index (χ1v) is 9.04. The molecular weight excluding hydrogens is 454 g/mol. The number of phenols is 2. The van der Waals surface area contributed by atoms with Crippen LogP contribution in [-0.2, 0) is 32.3 Å². The van der Waals surface area contributed by atoms with Gasteiger partial charge in [0.15, 0.2) is 0 Å². The number of carbonyl (C=O) groups is 2. The Hall–Kier alpha value is -2.12. The molecule has 0 aliphatic carbocycles. The molecule has 0 fully saturated rings. The van der Waals surface area contributed by atoms with Crippen LogP contribution in [0.15, 0.2) is 36.4 Å². The first kappa shape index (κ1) is 22.2. The highest BCUT2D eigenvalue weighted by Crippen LogP contribution is 2.32. The van der Waals surface area contributed by atoms with Crippen LogP contribution in [0.4, 0.5) is 0 Å². The number of halogens is 4. The maximum absolute atomic E-state index is 11.7. The number of carbonyl (C=O) groups excluding carboxylic acids is 2. The second kappa shape index (κ2) is 9.89. The molecule has 10 heteroatoms. The van der Waals surface area contributed by atoms with Crippen LogP contribution in [0.1, 0.15) is 11.1 Å². The first-order valence-electron chi connectivity index (χ1n) is 7.52. The standard InChI is InChI=1S/C18H12Cl4O6/c19-11-3-9(17(25)13(21)5-11)7-27-15(23)1-2-16(24)28-8-10-4-12(20)6-14(22)18(10)26/h1-6,25-26H,7-8H2. The molecule has 2 aromatic carbocycles. The van der Waals surface area contributed by atoms with E-state index in [9.17, 15) is 19.8 Å². The summed E-state index contributed by atoms with van der Waals surface area (Å²) < 4.78 is 9.79. The van der Waals surface area contributed by atoms with Crippen molar-refractivity contribution in [3.63, 3.8) is 0 Å². The van der Waals surface area contributed by atoms with Gasteiger partial charge in [-0.05, 0) is 24.3 Å². The number of phenolic OH excluding ortho intramolecular Hbond substituents is 2. The second-order valence-corrected chi connectivity index (χ2v) is 7.03. The maximum Gasteiger partial charge on any atom is 0.331 e. The molecule has 2 N–H and O–H groups in total. The van der Waals surface area contributed by atoms with Gasteiger partial charge in [0.05, 0.1) is 10.0 Å². The first-order chi connectivity index (χ1) is 13.2. The van der Waals surface area contributed by atoms with E-state index in [0.29, 0.717) is 0 Å². The Bertz CT molecular complexity index is 867. The third-order valence-corrected chi connectivity index (χ3v) is 4.32. The zero-order valence-electron chi connectivity index (χ0n) is 13.9. The van der Waals surface area contributed by atoms with Gasteiger partial charge in [-0.2, -0.15) is 0 Å². The van der Waals surface area contributed by atoms with Gasteiger partial charge in [0.1, 0.15) is 24.7 Å². The van der Waals surface area contributed by atoms with Gasteiger partial charge in [-0.25, -0.2) is 9.59 Å². The Labute approximate surface area is 179 Å². The van der Waals surface area contributed by atoms with Crippen molar-refractivity contribution in [3.8, 4) is 11.5 Å². The van der Waals surface area contributed by atoms with E-state index in [2.05, 4.69) is 0 Å². The van der Waals surface area contributed by atoms with E-state index in [-0.39, 0.29) is 55.9 Å². The summed E-state index contributed by atoms with van der Waals surface area (Å²) >= 11 is 23.2. The number of ether oxygens (including phenoxy) is 2. The molecule has 0 amide bonds. The van der Waals surface area contributed by atoms with Crippen molar-refractivity contribution in [2.24, 2.45) is 0 Å².